The molecule has 13 heavy (non-hydrogen) atoms. The Morgan fingerprint density at radius 2 is 2.38 bits per heavy atom. The summed E-state index contributed by atoms with van der Waals surface area (Å²) in [7, 11) is 0. The third-order valence-electron chi connectivity index (χ3n) is 1.67. The Balaban J connectivity index is 2.70. The van der Waals surface area contributed by atoms with Crippen molar-refractivity contribution in [1.82, 2.24) is 15.2 Å². The number of hydrogen-bond acceptors (Lipinski definition) is 4. The Morgan fingerprint density at radius 1 is 1.62 bits per heavy atom. The first-order chi connectivity index (χ1) is 6.18. The van der Waals surface area contributed by atoms with Gasteiger partial charge in [-0.3, -0.25) is 5.10 Å². The lowest BCUT2D eigenvalue weighted by Crippen LogP contribution is -1.96. The van der Waals surface area contributed by atoms with E-state index in [2.05, 4.69) is 15.2 Å². The molecule has 0 aromatic carbocycles. The minimum atomic E-state index is -1.03. The Bertz CT molecular complexity index is 476. The third kappa shape index (κ3) is 1.08. The van der Waals surface area contributed by atoms with E-state index >= 15 is 0 Å². The number of H-pyrrole nitrogens is 1. The first kappa shape index (κ1) is 7.53. The Hall–Kier alpha value is -2.11. The van der Waals surface area contributed by atoms with E-state index < -0.39 is 5.97 Å². The van der Waals surface area contributed by atoms with Gasteiger partial charge in [-0.2, -0.15) is 5.10 Å². The molecule has 6 heteroatoms. The van der Waals surface area contributed by atoms with Crippen molar-refractivity contribution in [2.24, 2.45) is 0 Å². The molecule has 0 saturated heterocycles. The molecule has 4 N–H and O–H groups in total. The molecule has 0 aliphatic carbocycles. The zero-order chi connectivity index (χ0) is 9.42. The van der Waals surface area contributed by atoms with Crippen LogP contribution in [0, 0.1) is 0 Å². The molecule has 0 aliphatic heterocycles. The normalized spacial score (nSPS) is 10.5. The Labute approximate surface area is 72.4 Å². The number of anilines is 1. The van der Waals surface area contributed by atoms with Crippen LogP contribution in [-0.2, 0) is 0 Å². The lowest BCUT2D eigenvalue weighted by Gasteiger charge is -1.92. The number of fused-ring (bicyclic) bond motifs is 1. The Kier molecular flexibility index (Phi) is 1.42. The van der Waals surface area contributed by atoms with Crippen molar-refractivity contribution in [1.29, 1.82) is 0 Å². The van der Waals surface area contributed by atoms with Crippen LogP contribution in [0.2, 0.25) is 0 Å². The number of nitrogen functional groups attached to an aromatic ring is 1. The van der Waals surface area contributed by atoms with E-state index in [4.69, 9.17) is 10.8 Å². The van der Waals surface area contributed by atoms with Crippen molar-refractivity contribution in [3.8, 4) is 0 Å². The zero-order valence-corrected chi connectivity index (χ0v) is 6.48. The van der Waals surface area contributed by atoms with Crippen LogP contribution in [0.3, 0.4) is 0 Å². The summed E-state index contributed by atoms with van der Waals surface area (Å²) in [4.78, 5) is 14.4. The number of aromatic amines is 1. The highest BCUT2D eigenvalue weighted by Gasteiger charge is 2.07. The van der Waals surface area contributed by atoms with Crippen LogP contribution in [0.5, 0.6) is 0 Å². The molecule has 66 valence electrons. The quantitative estimate of drug-likeness (QED) is 0.580. The topological polar surface area (TPSA) is 105 Å². The van der Waals surface area contributed by atoms with Crippen molar-refractivity contribution in [3.05, 3.63) is 17.8 Å². The fourth-order valence-corrected chi connectivity index (χ4v) is 1.04. The van der Waals surface area contributed by atoms with Gasteiger partial charge >= 0.3 is 5.97 Å². The number of rotatable bonds is 1. The average molecular weight is 178 g/mol. The van der Waals surface area contributed by atoms with E-state index in [0.717, 1.165) is 0 Å². The number of hydrogen-bond donors (Lipinski definition) is 3. The third-order valence-corrected chi connectivity index (χ3v) is 1.67. The minimum Gasteiger partial charge on any atom is -0.478 e. The maximum absolute atomic E-state index is 10.5. The van der Waals surface area contributed by atoms with Gasteiger partial charge in [0, 0.05) is 6.20 Å². The van der Waals surface area contributed by atoms with Gasteiger partial charge in [-0.15, -0.1) is 0 Å². The molecule has 2 rings (SSSR count). The largest absolute Gasteiger partial charge is 0.478 e. The van der Waals surface area contributed by atoms with Crippen LogP contribution in [0.15, 0.2) is 12.3 Å². The number of aromatic nitrogens is 3. The van der Waals surface area contributed by atoms with Crippen LogP contribution in [0.4, 0.5) is 5.82 Å². The van der Waals surface area contributed by atoms with Crippen LogP contribution < -0.4 is 5.73 Å². The number of pyridine rings is 1. The average Bonchev–Trinajstić information content (AvgIpc) is 2.47. The molecule has 0 bridgehead atoms. The molecule has 0 spiro atoms. The predicted molar refractivity (Wildman–Crippen MR) is 45.3 cm³/mol. The standard InChI is InChI=1S/C7H6N4O2/c8-6-5-4(10-11-6)1-3(2-9-5)7(12)13/h1-2H,(H,12,13)(H3,8,10,11). The molecule has 2 heterocycles. The number of nitrogens with two attached hydrogens (primary N) is 1. The van der Waals surface area contributed by atoms with E-state index in [1.54, 1.807) is 0 Å². The summed E-state index contributed by atoms with van der Waals surface area (Å²) in [5.74, 6) is -0.755. The molecule has 0 fully saturated rings. The van der Waals surface area contributed by atoms with Crippen molar-refractivity contribution in [2.75, 3.05) is 5.73 Å². The summed E-state index contributed by atoms with van der Waals surface area (Å²) in [6, 6.07) is 1.44. The summed E-state index contributed by atoms with van der Waals surface area (Å²) < 4.78 is 0. The van der Waals surface area contributed by atoms with Crippen LogP contribution >= 0.6 is 0 Å². The number of carboxylic acids is 1. The molecule has 2 aromatic heterocycles. The summed E-state index contributed by atoms with van der Waals surface area (Å²) in [6.45, 7) is 0. The fourth-order valence-electron chi connectivity index (χ4n) is 1.04. The molecular formula is C7H6N4O2. The van der Waals surface area contributed by atoms with Gasteiger partial charge in [-0.1, -0.05) is 0 Å². The molecule has 2 aromatic rings. The van der Waals surface area contributed by atoms with Gasteiger partial charge in [0.2, 0.25) is 0 Å². The number of aromatic carboxylic acids is 1. The maximum Gasteiger partial charge on any atom is 0.337 e. The van der Waals surface area contributed by atoms with Gasteiger partial charge in [0.15, 0.2) is 5.82 Å². The smallest absolute Gasteiger partial charge is 0.337 e. The van der Waals surface area contributed by atoms with E-state index in [1.807, 2.05) is 0 Å². The highest BCUT2D eigenvalue weighted by atomic mass is 16.4. The molecule has 0 atom stereocenters. The van der Waals surface area contributed by atoms with Gasteiger partial charge in [0.25, 0.3) is 0 Å². The second-order valence-electron chi connectivity index (χ2n) is 2.53. The van der Waals surface area contributed by atoms with Crippen molar-refractivity contribution < 1.29 is 9.90 Å². The molecule has 0 aliphatic rings. The first-order valence-corrected chi connectivity index (χ1v) is 3.51. The van der Waals surface area contributed by atoms with Gasteiger partial charge in [0.05, 0.1) is 11.1 Å². The van der Waals surface area contributed by atoms with Gasteiger partial charge in [-0.25, -0.2) is 9.78 Å². The van der Waals surface area contributed by atoms with E-state index in [-0.39, 0.29) is 11.4 Å². The van der Waals surface area contributed by atoms with Crippen LogP contribution in [0.1, 0.15) is 10.4 Å². The summed E-state index contributed by atoms with van der Waals surface area (Å²) in [6.07, 6.45) is 1.25. The van der Waals surface area contributed by atoms with E-state index in [0.29, 0.717) is 11.0 Å². The van der Waals surface area contributed by atoms with Crippen molar-refractivity contribution in [3.63, 3.8) is 0 Å². The number of carboxylic acid groups (broad SMARTS) is 1. The van der Waals surface area contributed by atoms with Crippen molar-refractivity contribution in [2.45, 2.75) is 0 Å². The molecule has 0 amide bonds. The SMILES string of the molecule is Nc1n[nH]c2cc(C(=O)O)cnc12. The molecule has 6 nitrogen and oxygen atoms in total. The van der Waals surface area contributed by atoms with Gasteiger partial charge < -0.3 is 10.8 Å². The van der Waals surface area contributed by atoms with E-state index in [9.17, 15) is 4.79 Å². The highest BCUT2D eigenvalue weighted by Crippen LogP contribution is 2.15. The first-order valence-electron chi connectivity index (χ1n) is 3.51. The molecule has 0 unspecified atom stereocenters. The summed E-state index contributed by atoms with van der Waals surface area (Å²) in [5, 5.41) is 14.9. The lowest BCUT2D eigenvalue weighted by molar-refractivity contribution is 0.0696. The maximum atomic E-state index is 10.5. The van der Waals surface area contributed by atoms with Crippen LogP contribution in [0.25, 0.3) is 11.0 Å². The monoisotopic (exact) mass is 178 g/mol. The summed E-state index contributed by atoms with van der Waals surface area (Å²) in [5.41, 5.74) is 6.57. The lowest BCUT2D eigenvalue weighted by atomic mass is 10.2. The highest BCUT2D eigenvalue weighted by molar-refractivity contribution is 5.93. The predicted octanol–water partition coefficient (Wildman–Crippen LogP) is 0.238. The van der Waals surface area contributed by atoms with Crippen LogP contribution in [-0.4, -0.2) is 26.3 Å². The number of nitrogens with one attached hydrogen (secondary N) is 1. The number of nitrogens with zero attached hydrogens (tertiary/aromatic N) is 2. The van der Waals surface area contributed by atoms with Gasteiger partial charge in [0.1, 0.15) is 5.52 Å². The molecule has 0 radical (unpaired) electrons. The summed E-state index contributed by atoms with van der Waals surface area (Å²) >= 11 is 0. The minimum absolute atomic E-state index is 0.108. The zero-order valence-electron chi connectivity index (χ0n) is 6.48. The number of carbonyl (C=O) groups is 1. The molecule has 0 saturated carbocycles. The second-order valence-corrected chi connectivity index (χ2v) is 2.53. The Morgan fingerprint density at radius 3 is 3.08 bits per heavy atom. The molecular weight excluding hydrogens is 172 g/mol. The fraction of sp³-hybridized carbons (Fsp3) is 0. The van der Waals surface area contributed by atoms with Gasteiger partial charge in [-0.05, 0) is 6.07 Å². The van der Waals surface area contributed by atoms with Crippen molar-refractivity contribution >= 4 is 22.8 Å². The van der Waals surface area contributed by atoms with E-state index in [1.165, 1.54) is 12.3 Å². The second kappa shape index (κ2) is 2.44.